The molecule has 0 aliphatic heterocycles. The topological polar surface area (TPSA) is 133 Å². The Labute approximate surface area is 257 Å². The number of nitrogens with zero attached hydrogens (tertiary/aromatic N) is 1. The number of alkyl carbamates (subject to hydrolysis) is 1. The third-order valence-corrected chi connectivity index (χ3v) is 7.46. The van der Waals surface area contributed by atoms with Crippen molar-refractivity contribution in [2.45, 2.75) is 70.6 Å². The molecule has 4 rings (SSSR count). The molecule has 2 amide bonds. The zero-order valence-electron chi connectivity index (χ0n) is 25.3. The molecule has 0 spiro atoms. The standard InChI is InChI=1S/C32H38FN3O7S/c1-32(2,3)43-31(38)36-26-14-12-25(13-15-26)35-29(37)28-19-24(33)20-34-30(28)42-27-7-5-6-23(18-27)22-10-8-21(9-11-22)16-17-41-44(4,39)40/h5-11,18-20,25-26H,12-17H2,1-4H3,(H,35,37)(H,36,38). The monoisotopic (exact) mass is 627 g/mol. The van der Waals surface area contributed by atoms with Crippen LogP contribution in [0.5, 0.6) is 11.6 Å². The van der Waals surface area contributed by atoms with Gasteiger partial charge in [0.05, 0.1) is 19.1 Å². The molecule has 0 bridgehead atoms. The molecule has 1 heterocycles. The predicted octanol–water partition coefficient (Wildman–Crippen LogP) is 5.76. The molecule has 1 aromatic heterocycles. The number of aromatic nitrogens is 1. The number of rotatable bonds is 10. The summed E-state index contributed by atoms with van der Waals surface area (Å²) in [4.78, 5) is 29.3. The van der Waals surface area contributed by atoms with Gasteiger partial charge in [-0.15, -0.1) is 0 Å². The number of benzene rings is 2. The van der Waals surface area contributed by atoms with E-state index < -0.39 is 33.5 Å². The normalized spacial score (nSPS) is 17.0. The summed E-state index contributed by atoms with van der Waals surface area (Å²) in [7, 11) is -3.49. The van der Waals surface area contributed by atoms with Crippen LogP contribution < -0.4 is 15.4 Å². The first-order chi connectivity index (χ1) is 20.7. The van der Waals surface area contributed by atoms with Crippen molar-refractivity contribution in [1.29, 1.82) is 0 Å². The van der Waals surface area contributed by atoms with Crippen molar-refractivity contribution >= 4 is 22.1 Å². The summed E-state index contributed by atoms with van der Waals surface area (Å²) in [6.45, 7) is 5.48. The van der Waals surface area contributed by atoms with Crippen molar-refractivity contribution in [3.05, 3.63) is 77.7 Å². The van der Waals surface area contributed by atoms with Crippen LogP contribution in [0.4, 0.5) is 9.18 Å². The zero-order valence-corrected chi connectivity index (χ0v) is 26.1. The third-order valence-electron chi connectivity index (χ3n) is 6.87. The maximum Gasteiger partial charge on any atom is 0.407 e. The van der Waals surface area contributed by atoms with Crippen molar-refractivity contribution in [3.8, 4) is 22.8 Å². The molecule has 0 unspecified atom stereocenters. The number of hydrogen-bond acceptors (Lipinski definition) is 8. The Kier molecular flexibility index (Phi) is 10.6. The van der Waals surface area contributed by atoms with E-state index >= 15 is 0 Å². The SMILES string of the molecule is CC(C)(C)OC(=O)NC1CCC(NC(=O)c2cc(F)cnc2Oc2cccc(-c3ccc(CCOS(C)(=O)=O)cc3)c2)CC1. The highest BCUT2D eigenvalue weighted by molar-refractivity contribution is 7.85. The maximum absolute atomic E-state index is 14.2. The lowest BCUT2D eigenvalue weighted by Crippen LogP contribution is -2.45. The molecule has 236 valence electrons. The third kappa shape index (κ3) is 10.3. The minimum absolute atomic E-state index is 0.0231. The minimum atomic E-state index is -3.49. The average molecular weight is 628 g/mol. The van der Waals surface area contributed by atoms with Gasteiger partial charge in [0.2, 0.25) is 5.88 Å². The van der Waals surface area contributed by atoms with Crippen LogP contribution in [0, 0.1) is 5.82 Å². The van der Waals surface area contributed by atoms with Gasteiger partial charge < -0.3 is 20.1 Å². The van der Waals surface area contributed by atoms with Gasteiger partial charge in [-0.2, -0.15) is 8.42 Å². The highest BCUT2D eigenvalue weighted by Crippen LogP contribution is 2.29. The number of amides is 2. The van der Waals surface area contributed by atoms with E-state index in [1.165, 1.54) is 0 Å². The molecule has 1 aliphatic carbocycles. The molecule has 1 fully saturated rings. The van der Waals surface area contributed by atoms with Crippen molar-refractivity contribution in [2.75, 3.05) is 12.9 Å². The number of pyridine rings is 1. The summed E-state index contributed by atoms with van der Waals surface area (Å²) < 4.78 is 52.6. The van der Waals surface area contributed by atoms with E-state index in [1.807, 2.05) is 30.3 Å². The van der Waals surface area contributed by atoms with Crippen LogP contribution in [0.3, 0.4) is 0 Å². The van der Waals surface area contributed by atoms with Gasteiger partial charge in [-0.25, -0.2) is 14.2 Å². The second-order valence-electron chi connectivity index (χ2n) is 11.8. The lowest BCUT2D eigenvalue weighted by Gasteiger charge is -2.30. The Morgan fingerprint density at radius 1 is 0.955 bits per heavy atom. The number of carbonyl (C=O) groups is 2. The molecule has 0 radical (unpaired) electrons. The van der Waals surface area contributed by atoms with Gasteiger partial charge in [-0.3, -0.25) is 8.98 Å². The van der Waals surface area contributed by atoms with Crippen LogP contribution in [0.25, 0.3) is 11.1 Å². The van der Waals surface area contributed by atoms with E-state index in [0.29, 0.717) is 37.9 Å². The van der Waals surface area contributed by atoms with E-state index in [2.05, 4.69) is 15.6 Å². The summed E-state index contributed by atoms with van der Waals surface area (Å²) >= 11 is 0. The first kappa shape index (κ1) is 32.9. The highest BCUT2D eigenvalue weighted by atomic mass is 32.2. The first-order valence-corrected chi connectivity index (χ1v) is 16.2. The fourth-order valence-electron chi connectivity index (χ4n) is 4.82. The zero-order chi connectivity index (χ0) is 31.9. The van der Waals surface area contributed by atoms with Gasteiger partial charge in [0.25, 0.3) is 16.0 Å². The Morgan fingerprint density at radius 3 is 2.25 bits per heavy atom. The van der Waals surface area contributed by atoms with Crippen molar-refractivity contribution in [1.82, 2.24) is 15.6 Å². The number of ether oxygens (including phenoxy) is 2. The molecular formula is C32H38FN3O7S. The fraction of sp³-hybridized carbons (Fsp3) is 0.406. The molecule has 1 aliphatic rings. The van der Waals surface area contributed by atoms with Gasteiger partial charge in [-0.1, -0.05) is 36.4 Å². The molecule has 0 atom stereocenters. The second-order valence-corrected chi connectivity index (χ2v) is 13.4. The molecular weight excluding hydrogens is 589 g/mol. The Balaban J connectivity index is 1.37. The van der Waals surface area contributed by atoms with Gasteiger partial charge in [0.15, 0.2) is 0 Å². The minimum Gasteiger partial charge on any atom is -0.444 e. The fourth-order valence-corrected chi connectivity index (χ4v) is 5.20. The summed E-state index contributed by atoms with van der Waals surface area (Å²) in [5.74, 6) is -0.775. The largest absolute Gasteiger partial charge is 0.444 e. The van der Waals surface area contributed by atoms with Gasteiger partial charge in [-0.05, 0) is 87.8 Å². The Hall–Kier alpha value is -4.03. The van der Waals surface area contributed by atoms with Gasteiger partial charge in [0.1, 0.15) is 22.7 Å². The predicted molar refractivity (Wildman–Crippen MR) is 164 cm³/mol. The van der Waals surface area contributed by atoms with E-state index in [0.717, 1.165) is 35.2 Å². The molecule has 2 aromatic carbocycles. The van der Waals surface area contributed by atoms with Crippen LogP contribution in [0.1, 0.15) is 62.4 Å². The first-order valence-electron chi connectivity index (χ1n) is 14.4. The summed E-state index contributed by atoms with van der Waals surface area (Å²) in [5, 5.41) is 5.83. The highest BCUT2D eigenvalue weighted by Gasteiger charge is 2.27. The van der Waals surface area contributed by atoms with E-state index in [-0.39, 0.29) is 30.1 Å². The van der Waals surface area contributed by atoms with Crippen molar-refractivity contribution < 1.29 is 36.1 Å². The molecule has 0 saturated heterocycles. The summed E-state index contributed by atoms with van der Waals surface area (Å²) in [6, 6.07) is 15.7. The maximum atomic E-state index is 14.2. The van der Waals surface area contributed by atoms with E-state index in [9.17, 15) is 22.4 Å². The molecule has 44 heavy (non-hydrogen) atoms. The van der Waals surface area contributed by atoms with Crippen molar-refractivity contribution in [2.24, 2.45) is 0 Å². The molecule has 12 heteroatoms. The summed E-state index contributed by atoms with van der Waals surface area (Å²) in [6.07, 6.45) is 4.60. The molecule has 10 nitrogen and oxygen atoms in total. The van der Waals surface area contributed by atoms with Crippen LogP contribution >= 0.6 is 0 Å². The Bertz CT molecular complexity index is 1570. The lowest BCUT2D eigenvalue weighted by molar-refractivity contribution is 0.0487. The second kappa shape index (κ2) is 14.2. The van der Waals surface area contributed by atoms with E-state index in [1.54, 1.807) is 39.0 Å². The number of halogens is 1. The van der Waals surface area contributed by atoms with Crippen LogP contribution in [0.15, 0.2) is 60.8 Å². The van der Waals surface area contributed by atoms with Crippen molar-refractivity contribution in [3.63, 3.8) is 0 Å². The van der Waals surface area contributed by atoms with Crippen LogP contribution in [-0.4, -0.2) is 55.9 Å². The number of nitrogens with one attached hydrogen (secondary N) is 2. The van der Waals surface area contributed by atoms with Crippen LogP contribution in [0.2, 0.25) is 0 Å². The average Bonchev–Trinajstić information content (AvgIpc) is 2.94. The molecule has 1 saturated carbocycles. The number of carbonyl (C=O) groups excluding carboxylic acids is 2. The Morgan fingerprint density at radius 2 is 1.61 bits per heavy atom. The molecule has 2 N–H and O–H groups in total. The van der Waals surface area contributed by atoms with E-state index in [4.69, 9.17) is 13.7 Å². The smallest absolute Gasteiger partial charge is 0.407 e. The quantitative estimate of drug-likeness (QED) is 0.271. The van der Waals surface area contributed by atoms with Gasteiger partial charge in [0, 0.05) is 12.1 Å². The lowest BCUT2D eigenvalue weighted by atomic mass is 9.91. The van der Waals surface area contributed by atoms with Gasteiger partial charge >= 0.3 is 6.09 Å². The number of hydrogen-bond donors (Lipinski definition) is 2. The summed E-state index contributed by atoms with van der Waals surface area (Å²) in [5.41, 5.74) is 2.05. The van der Waals surface area contributed by atoms with Crippen LogP contribution in [-0.2, 0) is 25.5 Å². The molecule has 3 aromatic rings.